The van der Waals surface area contributed by atoms with Gasteiger partial charge in [-0.05, 0) is 45.4 Å². The number of carbonyl (C=O) groups is 1. The van der Waals surface area contributed by atoms with Crippen LogP contribution in [0.4, 0.5) is 5.69 Å². The average Bonchev–Trinajstić information content (AvgIpc) is 3.00. The number of aromatic nitrogens is 2. The molecule has 1 saturated heterocycles. The molecule has 3 rings (SSSR count). The number of hydrogen-bond donors (Lipinski definition) is 3. The maximum absolute atomic E-state index is 12.9. The monoisotopic (exact) mass is 431 g/mol. The van der Waals surface area contributed by atoms with E-state index in [1.807, 2.05) is 33.9 Å². The fraction of sp³-hybridized carbons (Fsp3) is 0.565. The summed E-state index contributed by atoms with van der Waals surface area (Å²) in [5.41, 5.74) is 5.17. The Morgan fingerprint density at radius 1 is 1.13 bits per heavy atom. The van der Waals surface area contributed by atoms with E-state index in [0.717, 1.165) is 61.3 Å². The van der Waals surface area contributed by atoms with E-state index in [9.17, 15) is 4.79 Å². The summed E-state index contributed by atoms with van der Waals surface area (Å²) in [6.45, 7) is 13.0. The van der Waals surface area contributed by atoms with Gasteiger partial charge in [0.15, 0.2) is 17.5 Å². The molecular formula is C23H37N5O3+2. The highest BCUT2D eigenvalue weighted by Crippen LogP contribution is 2.29. The summed E-state index contributed by atoms with van der Waals surface area (Å²) in [7, 11) is 5.24. The molecule has 0 unspecified atom stereocenters. The summed E-state index contributed by atoms with van der Waals surface area (Å²) < 4.78 is 12.7. The fourth-order valence-corrected chi connectivity index (χ4v) is 4.39. The molecule has 1 atom stereocenters. The molecule has 8 nitrogen and oxygen atoms in total. The third kappa shape index (κ3) is 5.02. The molecule has 31 heavy (non-hydrogen) atoms. The number of rotatable bonds is 7. The van der Waals surface area contributed by atoms with Gasteiger partial charge in [0.05, 0.1) is 31.3 Å². The average molecular weight is 432 g/mol. The van der Waals surface area contributed by atoms with Crippen molar-refractivity contribution in [2.45, 2.75) is 40.3 Å². The maximum atomic E-state index is 12.9. The lowest BCUT2D eigenvalue weighted by atomic mass is 10.1. The van der Waals surface area contributed by atoms with Crippen LogP contribution in [0.25, 0.3) is 0 Å². The van der Waals surface area contributed by atoms with Gasteiger partial charge in [0.25, 0.3) is 5.91 Å². The van der Waals surface area contributed by atoms with E-state index in [-0.39, 0.29) is 11.9 Å². The highest BCUT2D eigenvalue weighted by Gasteiger charge is 2.32. The van der Waals surface area contributed by atoms with Crippen molar-refractivity contribution in [3.8, 4) is 11.5 Å². The van der Waals surface area contributed by atoms with E-state index in [1.54, 1.807) is 18.9 Å². The number of benzene rings is 1. The molecule has 1 fully saturated rings. The van der Waals surface area contributed by atoms with Gasteiger partial charge in [-0.3, -0.25) is 9.48 Å². The first-order chi connectivity index (χ1) is 14.7. The van der Waals surface area contributed by atoms with E-state index in [4.69, 9.17) is 9.47 Å². The van der Waals surface area contributed by atoms with Crippen molar-refractivity contribution >= 4 is 11.6 Å². The summed E-state index contributed by atoms with van der Waals surface area (Å²) in [6, 6.07) is 4.04. The van der Waals surface area contributed by atoms with Crippen LogP contribution in [0.15, 0.2) is 12.1 Å². The molecule has 0 radical (unpaired) electrons. The largest absolute Gasteiger partial charge is 0.493 e. The summed E-state index contributed by atoms with van der Waals surface area (Å²) in [5.74, 6) is 1.61. The van der Waals surface area contributed by atoms with Gasteiger partial charge in [0, 0.05) is 12.6 Å². The highest BCUT2D eigenvalue weighted by atomic mass is 16.5. The summed E-state index contributed by atoms with van der Waals surface area (Å²) in [4.78, 5) is 15.7. The number of aryl methyl sites for hydroxylation is 3. The van der Waals surface area contributed by atoms with Crippen molar-refractivity contribution in [2.75, 3.05) is 45.7 Å². The molecule has 1 aromatic heterocycles. The molecule has 0 spiro atoms. The van der Waals surface area contributed by atoms with Crippen LogP contribution in [0.3, 0.4) is 0 Å². The van der Waals surface area contributed by atoms with Gasteiger partial charge in [-0.15, -0.1) is 0 Å². The predicted molar refractivity (Wildman–Crippen MR) is 120 cm³/mol. The second-order valence-corrected chi connectivity index (χ2v) is 8.60. The Bertz CT molecular complexity index is 932. The van der Waals surface area contributed by atoms with E-state index >= 15 is 0 Å². The van der Waals surface area contributed by atoms with Crippen LogP contribution in [-0.4, -0.2) is 62.1 Å². The van der Waals surface area contributed by atoms with Crippen LogP contribution < -0.4 is 24.6 Å². The minimum atomic E-state index is -0.0941. The molecule has 1 aromatic carbocycles. The molecule has 2 heterocycles. The van der Waals surface area contributed by atoms with Gasteiger partial charge in [0.1, 0.15) is 32.7 Å². The SMILES string of the molecule is COc1cc(C)c(C[NH+]2CC[NH+]([C@@H](C)C(=O)Nc3c(C)nn(C)c3C)CC2)cc1OC. The molecule has 8 heteroatoms. The van der Waals surface area contributed by atoms with Crippen LogP contribution in [0, 0.1) is 20.8 Å². The standard InChI is InChI=1S/C23H35N5O3/c1-15-12-20(30-6)21(31-7)13-19(15)14-27-8-10-28(11-9-27)18(4)23(29)24-22-16(2)25-26(5)17(22)3/h12-13,18H,8-11,14H2,1-7H3,(H,24,29)/p+2/t18-/m0/s1. The quantitative estimate of drug-likeness (QED) is 0.562. The number of carbonyl (C=O) groups excluding carboxylic acids is 1. The Labute approximate surface area is 185 Å². The van der Waals surface area contributed by atoms with Crippen LogP contribution >= 0.6 is 0 Å². The smallest absolute Gasteiger partial charge is 0.282 e. The number of ether oxygens (including phenoxy) is 2. The summed E-state index contributed by atoms with van der Waals surface area (Å²) >= 11 is 0. The lowest BCUT2D eigenvalue weighted by Gasteiger charge is -2.33. The number of amides is 1. The second-order valence-electron chi connectivity index (χ2n) is 8.60. The van der Waals surface area contributed by atoms with E-state index in [0.29, 0.717) is 0 Å². The molecule has 3 N–H and O–H groups in total. The number of hydrogen-bond acceptors (Lipinski definition) is 4. The van der Waals surface area contributed by atoms with E-state index in [2.05, 4.69) is 23.4 Å². The molecule has 1 aliphatic rings. The first-order valence-electron chi connectivity index (χ1n) is 11.0. The van der Waals surface area contributed by atoms with Crippen LogP contribution in [0.1, 0.15) is 29.4 Å². The fourth-order valence-electron chi connectivity index (χ4n) is 4.39. The third-order valence-electron chi connectivity index (χ3n) is 6.64. The zero-order valence-electron chi connectivity index (χ0n) is 19.9. The summed E-state index contributed by atoms with van der Waals surface area (Å²) in [6.07, 6.45) is 0. The van der Waals surface area contributed by atoms with Gasteiger partial charge in [0.2, 0.25) is 0 Å². The first kappa shape index (κ1) is 23.1. The Hall–Kier alpha value is -2.58. The molecule has 170 valence electrons. The van der Waals surface area contributed by atoms with Gasteiger partial charge in [-0.2, -0.15) is 5.10 Å². The molecule has 1 amide bonds. The molecule has 0 saturated carbocycles. The van der Waals surface area contributed by atoms with Crippen molar-refractivity contribution in [1.82, 2.24) is 9.78 Å². The number of methoxy groups -OCH3 is 2. The third-order valence-corrected chi connectivity index (χ3v) is 6.64. The topological polar surface area (TPSA) is 74.3 Å². The molecular weight excluding hydrogens is 394 g/mol. The predicted octanol–water partition coefficient (Wildman–Crippen LogP) is -0.327. The highest BCUT2D eigenvalue weighted by molar-refractivity contribution is 5.94. The van der Waals surface area contributed by atoms with Crippen molar-refractivity contribution in [3.05, 3.63) is 34.6 Å². The van der Waals surface area contributed by atoms with Crippen molar-refractivity contribution in [2.24, 2.45) is 7.05 Å². The number of quaternary nitrogens is 2. The minimum Gasteiger partial charge on any atom is -0.493 e. The van der Waals surface area contributed by atoms with Crippen molar-refractivity contribution in [3.63, 3.8) is 0 Å². The number of nitrogens with zero attached hydrogens (tertiary/aromatic N) is 2. The Morgan fingerprint density at radius 3 is 2.29 bits per heavy atom. The minimum absolute atomic E-state index is 0.0633. The van der Waals surface area contributed by atoms with E-state index in [1.165, 1.54) is 20.9 Å². The Morgan fingerprint density at radius 2 is 1.74 bits per heavy atom. The molecule has 0 bridgehead atoms. The second kappa shape index (κ2) is 9.70. The molecule has 0 aliphatic carbocycles. The number of anilines is 1. The Balaban J connectivity index is 1.57. The van der Waals surface area contributed by atoms with Crippen molar-refractivity contribution in [1.29, 1.82) is 0 Å². The number of piperazine rings is 1. The number of nitrogens with one attached hydrogen (secondary N) is 3. The van der Waals surface area contributed by atoms with Crippen LogP contribution in [0.2, 0.25) is 0 Å². The lowest BCUT2D eigenvalue weighted by Crippen LogP contribution is -3.29. The Kier molecular flexibility index (Phi) is 7.23. The zero-order valence-corrected chi connectivity index (χ0v) is 19.9. The first-order valence-corrected chi connectivity index (χ1v) is 11.0. The normalized spacial score (nSPS) is 19.7. The van der Waals surface area contributed by atoms with Crippen molar-refractivity contribution < 1.29 is 24.1 Å². The molecule has 1 aliphatic heterocycles. The van der Waals surface area contributed by atoms with Gasteiger partial charge in [-0.25, -0.2) is 0 Å². The lowest BCUT2D eigenvalue weighted by molar-refractivity contribution is -1.02. The summed E-state index contributed by atoms with van der Waals surface area (Å²) in [5, 5.41) is 7.49. The zero-order chi connectivity index (χ0) is 22.7. The maximum Gasteiger partial charge on any atom is 0.282 e. The van der Waals surface area contributed by atoms with E-state index < -0.39 is 0 Å². The van der Waals surface area contributed by atoms with Crippen LogP contribution in [0.5, 0.6) is 11.5 Å². The van der Waals surface area contributed by atoms with Crippen LogP contribution in [-0.2, 0) is 18.4 Å². The van der Waals surface area contributed by atoms with Gasteiger partial charge >= 0.3 is 0 Å². The van der Waals surface area contributed by atoms with Gasteiger partial charge < -0.3 is 24.6 Å². The van der Waals surface area contributed by atoms with Gasteiger partial charge in [-0.1, -0.05) is 0 Å². The molecule has 2 aromatic rings.